The Morgan fingerprint density at radius 1 is 1.32 bits per heavy atom. The molecule has 1 aliphatic heterocycles. The predicted octanol–water partition coefficient (Wildman–Crippen LogP) is 3.49. The second-order valence-corrected chi connectivity index (χ2v) is 6.02. The van der Waals surface area contributed by atoms with Gasteiger partial charge >= 0.3 is 0 Å². The van der Waals surface area contributed by atoms with Crippen LogP contribution in [0.25, 0.3) is 0 Å². The summed E-state index contributed by atoms with van der Waals surface area (Å²) in [6.07, 6.45) is 1.72. The number of H-pyrrole nitrogens is 1. The number of aromatic amines is 1. The first-order chi connectivity index (χ1) is 9.15. The number of hydrogen-bond acceptors (Lipinski definition) is 3. The molecule has 2 heterocycles. The van der Waals surface area contributed by atoms with Crippen LogP contribution in [0.2, 0.25) is 10.0 Å². The minimum absolute atomic E-state index is 0.00228. The maximum absolute atomic E-state index is 11.6. The molecule has 3 rings (SSSR count). The Morgan fingerprint density at radius 3 is 2.95 bits per heavy atom. The van der Waals surface area contributed by atoms with E-state index in [0.717, 1.165) is 11.1 Å². The number of fused-ring (bicyclic) bond motifs is 1. The molecule has 0 radical (unpaired) electrons. The lowest BCUT2D eigenvalue weighted by Gasteiger charge is -2.14. The van der Waals surface area contributed by atoms with E-state index in [2.05, 4.69) is 15.5 Å². The minimum atomic E-state index is -0.0435. The number of rotatable bonds is 1. The van der Waals surface area contributed by atoms with Crippen LogP contribution in [-0.4, -0.2) is 21.9 Å². The molecule has 2 N–H and O–H groups in total. The number of nitrogens with one attached hydrogen (secondary N) is 2. The zero-order chi connectivity index (χ0) is 13.4. The number of aromatic nitrogens is 2. The van der Waals surface area contributed by atoms with Gasteiger partial charge in [0.05, 0.1) is 27.2 Å². The molecule has 98 valence electrons. The first kappa shape index (κ1) is 12.8. The van der Waals surface area contributed by atoms with Crippen molar-refractivity contribution in [2.75, 3.05) is 11.1 Å². The molecule has 0 saturated carbocycles. The number of halogens is 2. The van der Waals surface area contributed by atoms with Crippen LogP contribution >= 0.6 is 35.0 Å². The van der Waals surface area contributed by atoms with Crippen LogP contribution in [-0.2, 0) is 4.79 Å². The highest BCUT2D eigenvalue weighted by Crippen LogP contribution is 2.41. The summed E-state index contributed by atoms with van der Waals surface area (Å²) in [6, 6.07) is 5.51. The van der Waals surface area contributed by atoms with Crippen molar-refractivity contribution in [1.29, 1.82) is 0 Å². The molecule has 19 heavy (non-hydrogen) atoms. The summed E-state index contributed by atoms with van der Waals surface area (Å²) < 4.78 is 0. The van der Waals surface area contributed by atoms with Crippen molar-refractivity contribution in [2.24, 2.45) is 0 Å². The lowest BCUT2D eigenvalue weighted by atomic mass is 10.1. The first-order valence-electron chi connectivity index (χ1n) is 5.55. The molecule has 1 unspecified atom stereocenters. The van der Waals surface area contributed by atoms with Crippen molar-refractivity contribution in [2.45, 2.75) is 5.25 Å². The third kappa shape index (κ3) is 2.45. The number of carbonyl (C=O) groups excluding carboxylic acids is 1. The van der Waals surface area contributed by atoms with Gasteiger partial charge < -0.3 is 5.32 Å². The molecule has 1 atom stereocenters. The van der Waals surface area contributed by atoms with Crippen LogP contribution in [0, 0.1) is 0 Å². The number of carbonyl (C=O) groups is 1. The van der Waals surface area contributed by atoms with Gasteiger partial charge in [-0.1, -0.05) is 29.3 Å². The fraction of sp³-hybridized carbons (Fsp3) is 0.167. The fourth-order valence-electron chi connectivity index (χ4n) is 1.97. The van der Waals surface area contributed by atoms with E-state index in [0.29, 0.717) is 21.6 Å². The van der Waals surface area contributed by atoms with E-state index in [4.69, 9.17) is 23.2 Å². The van der Waals surface area contributed by atoms with Gasteiger partial charge in [0, 0.05) is 5.56 Å². The Balaban J connectivity index is 2.05. The third-order valence-electron chi connectivity index (χ3n) is 2.84. The second-order valence-electron chi connectivity index (χ2n) is 4.11. The number of benzene rings is 1. The topological polar surface area (TPSA) is 57.8 Å². The Morgan fingerprint density at radius 2 is 2.16 bits per heavy atom. The predicted molar refractivity (Wildman–Crippen MR) is 78.0 cm³/mol. The summed E-state index contributed by atoms with van der Waals surface area (Å²) in [5, 5.41) is 10.6. The summed E-state index contributed by atoms with van der Waals surface area (Å²) in [5.74, 6) is 0.983. The Labute approximate surface area is 123 Å². The van der Waals surface area contributed by atoms with Crippen LogP contribution in [0.1, 0.15) is 16.4 Å². The summed E-state index contributed by atoms with van der Waals surface area (Å²) >= 11 is 13.5. The normalized spacial score (nSPS) is 18.6. The molecule has 1 aliphatic rings. The van der Waals surface area contributed by atoms with E-state index in [1.807, 2.05) is 12.1 Å². The molecule has 1 amide bonds. The molecule has 1 aromatic carbocycles. The van der Waals surface area contributed by atoms with Gasteiger partial charge in [-0.25, -0.2) is 0 Å². The van der Waals surface area contributed by atoms with Crippen molar-refractivity contribution in [3.63, 3.8) is 0 Å². The van der Waals surface area contributed by atoms with E-state index in [9.17, 15) is 4.79 Å². The third-order valence-corrected chi connectivity index (χ3v) is 4.87. The summed E-state index contributed by atoms with van der Waals surface area (Å²) in [4.78, 5) is 11.6. The van der Waals surface area contributed by atoms with E-state index < -0.39 is 0 Å². The highest BCUT2D eigenvalue weighted by molar-refractivity contribution is 8.00. The molecule has 0 aliphatic carbocycles. The highest BCUT2D eigenvalue weighted by Gasteiger charge is 2.25. The van der Waals surface area contributed by atoms with Crippen LogP contribution in [0.5, 0.6) is 0 Å². The van der Waals surface area contributed by atoms with Gasteiger partial charge in [-0.05, 0) is 17.7 Å². The number of nitrogens with zero attached hydrogens (tertiary/aromatic N) is 1. The Hall–Kier alpha value is -1.17. The second kappa shape index (κ2) is 5.07. The molecule has 4 nitrogen and oxygen atoms in total. The lowest BCUT2D eigenvalue weighted by molar-refractivity contribution is -0.113. The molecular weight excluding hydrogens is 305 g/mol. The van der Waals surface area contributed by atoms with Gasteiger partial charge in [0.25, 0.3) is 0 Å². The quantitative estimate of drug-likeness (QED) is 0.847. The van der Waals surface area contributed by atoms with Crippen LogP contribution < -0.4 is 5.32 Å². The molecular formula is C12H9Cl2N3OS. The average Bonchev–Trinajstić information content (AvgIpc) is 2.76. The van der Waals surface area contributed by atoms with E-state index in [1.54, 1.807) is 12.3 Å². The van der Waals surface area contributed by atoms with Crippen molar-refractivity contribution in [3.05, 3.63) is 45.6 Å². The highest BCUT2D eigenvalue weighted by atomic mass is 35.5. The van der Waals surface area contributed by atoms with E-state index in [-0.39, 0.29) is 11.2 Å². The number of amides is 1. The molecule has 1 aromatic heterocycles. The zero-order valence-electron chi connectivity index (χ0n) is 9.61. The summed E-state index contributed by atoms with van der Waals surface area (Å²) in [7, 11) is 0. The summed E-state index contributed by atoms with van der Waals surface area (Å²) in [6.45, 7) is 0. The van der Waals surface area contributed by atoms with Crippen LogP contribution in [0.3, 0.4) is 0 Å². The van der Waals surface area contributed by atoms with Gasteiger partial charge in [-0.15, -0.1) is 11.8 Å². The van der Waals surface area contributed by atoms with Gasteiger partial charge in [-0.2, -0.15) is 5.10 Å². The largest absolute Gasteiger partial charge is 0.310 e. The lowest BCUT2D eigenvalue weighted by Crippen LogP contribution is -2.12. The van der Waals surface area contributed by atoms with Crippen molar-refractivity contribution >= 4 is 46.7 Å². The van der Waals surface area contributed by atoms with E-state index >= 15 is 0 Å². The van der Waals surface area contributed by atoms with Crippen molar-refractivity contribution in [1.82, 2.24) is 10.2 Å². The van der Waals surface area contributed by atoms with Crippen LogP contribution in [0.4, 0.5) is 5.82 Å². The smallest absolute Gasteiger partial charge is 0.235 e. The van der Waals surface area contributed by atoms with Gasteiger partial charge in [-0.3, -0.25) is 9.89 Å². The maximum Gasteiger partial charge on any atom is 0.235 e. The molecule has 0 fully saturated rings. The van der Waals surface area contributed by atoms with Crippen molar-refractivity contribution in [3.8, 4) is 0 Å². The van der Waals surface area contributed by atoms with Gasteiger partial charge in [0.15, 0.2) is 0 Å². The number of anilines is 1. The van der Waals surface area contributed by atoms with Gasteiger partial charge in [0.1, 0.15) is 5.82 Å². The van der Waals surface area contributed by atoms with E-state index in [1.165, 1.54) is 11.8 Å². The zero-order valence-corrected chi connectivity index (χ0v) is 11.9. The van der Waals surface area contributed by atoms with Gasteiger partial charge in [0.2, 0.25) is 5.91 Å². The first-order valence-corrected chi connectivity index (χ1v) is 7.35. The monoisotopic (exact) mass is 313 g/mol. The minimum Gasteiger partial charge on any atom is -0.310 e. The Bertz CT molecular complexity index is 644. The number of thioether (sulfide) groups is 1. The SMILES string of the molecule is O=C1CSC(c2ccc(Cl)c(Cl)c2)c2cn[nH]c2N1. The van der Waals surface area contributed by atoms with Crippen molar-refractivity contribution < 1.29 is 4.79 Å². The summed E-state index contributed by atoms with van der Waals surface area (Å²) in [5.41, 5.74) is 1.94. The number of hydrogen-bond donors (Lipinski definition) is 2. The van der Waals surface area contributed by atoms with Crippen LogP contribution in [0.15, 0.2) is 24.4 Å². The molecule has 7 heteroatoms. The molecule has 0 bridgehead atoms. The standard InChI is InChI=1S/C12H9Cl2N3OS/c13-8-2-1-6(3-9(8)14)11-7-4-15-17-12(7)16-10(18)5-19-11/h1-4,11H,5H2,(H2,15,16,17,18). The molecule has 2 aromatic rings. The maximum atomic E-state index is 11.6. The fourth-order valence-corrected chi connectivity index (χ4v) is 3.36. The average molecular weight is 314 g/mol. The molecule has 0 spiro atoms. The Kier molecular flexibility index (Phi) is 3.43. The molecule has 0 saturated heterocycles.